The van der Waals surface area contributed by atoms with Crippen molar-refractivity contribution in [3.8, 4) is 0 Å². The minimum absolute atomic E-state index is 0.705. The highest BCUT2D eigenvalue weighted by molar-refractivity contribution is 5.49. The van der Waals surface area contributed by atoms with Crippen LogP contribution in [0.1, 0.15) is 97.3 Å². The van der Waals surface area contributed by atoms with Crippen molar-refractivity contribution in [3.63, 3.8) is 0 Å². The van der Waals surface area contributed by atoms with Gasteiger partial charge in [-0.05, 0) is 68.1 Å². The zero-order valence-electron chi connectivity index (χ0n) is 15.1. The first-order chi connectivity index (χ1) is 10.8. The van der Waals surface area contributed by atoms with Gasteiger partial charge in [-0.1, -0.05) is 52.4 Å². The Bertz CT molecular complexity index is 295. The molecule has 0 saturated heterocycles. The van der Waals surface area contributed by atoms with Crippen LogP contribution >= 0.6 is 0 Å². The molecule has 2 fully saturated rings. The molecule has 1 atom stereocenters. The number of hydrogen-bond acceptors (Lipinski definition) is 1. The first-order valence-corrected chi connectivity index (χ1v) is 10.2. The fourth-order valence-electron chi connectivity index (χ4n) is 5.49. The van der Waals surface area contributed by atoms with Crippen molar-refractivity contribution in [1.29, 1.82) is 0 Å². The lowest BCUT2D eigenvalue weighted by Gasteiger charge is -2.41. The number of aldehydes is 1. The summed E-state index contributed by atoms with van der Waals surface area (Å²) in [5.41, 5.74) is 0. The van der Waals surface area contributed by atoms with Crippen molar-refractivity contribution < 1.29 is 4.79 Å². The topological polar surface area (TPSA) is 17.1 Å². The van der Waals surface area contributed by atoms with E-state index in [1.807, 2.05) is 0 Å². The lowest BCUT2D eigenvalue weighted by Crippen LogP contribution is -2.30. The van der Waals surface area contributed by atoms with Crippen molar-refractivity contribution in [1.82, 2.24) is 0 Å². The van der Waals surface area contributed by atoms with Gasteiger partial charge in [0.05, 0.1) is 0 Å². The molecule has 0 amide bonds. The van der Waals surface area contributed by atoms with E-state index < -0.39 is 0 Å². The van der Waals surface area contributed by atoms with E-state index in [9.17, 15) is 4.79 Å². The van der Waals surface area contributed by atoms with Gasteiger partial charge in [-0.2, -0.15) is 0 Å². The lowest BCUT2D eigenvalue weighted by atomic mass is 9.65. The molecule has 22 heavy (non-hydrogen) atoms. The van der Waals surface area contributed by atoms with Gasteiger partial charge < -0.3 is 4.79 Å². The minimum Gasteiger partial charge on any atom is -0.303 e. The largest absolute Gasteiger partial charge is 0.303 e. The molecule has 2 aliphatic rings. The van der Waals surface area contributed by atoms with Gasteiger partial charge in [-0.15, -0.1) is 0 Å². The third kappa shape index (κ3) is 5.10. The van der Waals surface area contributed by atoms with Crippen molar-refractivity contribution in [2.45, 2.75) is 97.3 Å². The van der Waals surface area contributed by atoms with Gasteiger partial charge in [-0.25, -0.2) is 0 Å². The molecular formula is C21H38O. The monoisotopic (exact) mass is 306 g/mol. The average Bonchev–Trinajstić information content (AvgIpc) is 2.55. The third-order valence-electron chi connectivity index (χ3n) is 6.74. The van der Waals surface area contributed by atoms with Gasteiger partial charge in [-0.3, -0.25) is 0 Å². The van der Waals surface area contributed by atoms with Crippen LogP contribution in [0.4, 0.5) is 0 Å². The van der Waals surface area contributed by atoms with Crippen LogP contribution in [0.15, 0.2) is 0 Å². The predicted molar refractivity (Wildman–Crippen MR) is 94.9 cm³/mol. The summed E-state index contributed by atoms with van der Waals surface area (Å²) in [6.45, 7) is 4.71. The van der Waals surface area contributed by atoms with E-state index in [1.165, 1.54) is 77.0 Å². The van der Waals surface area contributed by atoms with E-state index in [-0.39, 0.29) is 0 Å². The summed E-state index contributed by atoms with van der Waals surface area (Å²) in [5.74, 6) is 4.71. The van der Waals surface area contributed by atoms with Gasteiger partial charge >= 0.3 is 0 Å². The van der Waals surface area contributed by atoms with Crippen molar-refractivity contribution in [2.24, 2.45) is 29.6 Å². The molecular weight excluding hydrogens is 268 g/mol. The van der Waals surface area contributed by atoms with Crippen molar-refractivity contribution >= 4 is 6.29 Å². The smallest absolute Gasteiger partial charge is 0.120 e. The normalized spacial score (nSPS) is 34.3. The van der Waals surface area contributed by atoms with Crippen LogP contribution in [-0.2, 0) is 4.79 Å². The molecule has 0 aromatic rings. The summed E-state index contributed by atoms with van der Waals surface area (Å²) in [5, 5.41) is 0. The Balaban J connectivity index is 1.84. The predicted octanol–water partition coefficient (Wildman–Crippen LogP) is 6.40. The van der Waals surface area contributed by atoms with E-state index in [0.29, 0.717) is 5.92 Å². The SMILES string of the molecule is CCCC(C1CCC(CC=O)CC1)[C@H]1CC[C@H](CCC)CC1. The zero-order chi connectivity index (χ0) is 15.8. The van der Waals surface area contributed by atoms with Crippen molar-refractivity contribution in [2.75, 3.05) is 0 Å². The molecule has 0 N–H and O–H groups in total. The number of hydrogen-bond donors (Lipinski definition) is 0. The second kappa shape index (κ2) is 9.73. The van der Waals surface area contributed by atoms with Crippen LogP contribution in [-0.4, -0.2) is 6.29 Å². The standard InChI is InChI=1S/C21H38O/c1-3-5-17-7-11-19(12-8-17)21(6-4-2)20-13-9-18(10-14-20)15-16-22/h16-21H,3-15H2,1-2H3/t17-,18?,19-,20?,21?. The highest BCUT2D eigenvalue weighted by Gasteiger charge is 2.33. The summed E-state index contributed by atoms with van der Waals surface area (Å²) in [6, 6.07) is 0. The third-order valence-corrected chi connectivity index (χ3v) is 6.74. The molecule has 0 heterocycles. The first kappa shape index (κ1) is 18.0. The molecule has 2 saturated carbocycles. The molecule has 1 heteroatoms. The molecule has 0 bridgehead atoms. The van der Waals surface area contributed by atoms with Crippen LogP contribution in [0.5, 0.6) is 0 Å². The maximum Gasteiger partial charge on any atom is 0.120 e. The molecule has 0 aliphatic heterocycles. The number of rotatable bonds is 8. The summed E-state index contributed by atoms with van der Waals surface area (Å²) in [4.78, 5) is 10.7. The summed E-state index contributed by atoms with van der Waals surface area (Å²) in [7, 11) is 0. The average molecular weight is 307 g/mol. The Kier molecular flexibility index (Phi) is 7.97. The Morgan fingerprint density at radius 2 is 1.36 bits per heavy atom. The van der Waals surface area contributed by atoms with E-state index in [2.05, 4.69) is 13.8 Å². The van der Waals surface area contributed by atoms with Crippen LogP contribution < -0.4 is 0 Å². The van der Waals surface area contributed by atoms with Gasteiger partial charge in [0.2, 0.25) is 0 Å². The molecule has 0 radical (unpaired) electrons. The quantitative estimate of drug-likeness (QED) is 0.474. The molecule has 2 aliphatic carbocycles. The summed E-state index contributed by atoms with van der Waals surface area (Å²) in [6.07, 6.45) is 19.0. The first-order valence-electron chi connectivity index (χ1n) is 10.2. The van der Waals surface area contributed by atoms with E-state index >= 15 is 0 Å². The maximum absolute atomic E-state index is 10.7. The van der Waals surface area contributed by atoms with E-state index in [1.54, 1.807) is 0 Å². The van der Waals surface area contributed by atoms with Gasteiger partial charge in [0.25, 0.3) is 0 Å². The van der Waals surface area contributed by atoms with Gasteiger partial charge in [0, 0.05) is 6.42 Å². The molecule has 1 unspecified atom stereocenters. The highest BCUT2D eigenvalue weighted by Crippen LogP contribution is 2.45. The van der Waals surface area contributed by atoms with E-state index in [4.69, 9.17) is 0 Å². The second-order valence-corrected chi connectivity index (χ2v) is 8.21. The molecule has 1 nitrogen and oxygen atoms in total. The number of carbonyl (C=O) groups is 1. The Labute approximate surface area is 138 Å². The highest BCUT2D eigenvalue weighted by atomic mass is 16.1. The molecule has 128 valence electrons. The molecule has 0 aromatic carbocycles. The second-order valence-electron chi connectivity index (χ2n) is 8.21. The minimum atomic E-state index is 0.705. The maximum atomic E-state index is 10.7. The zero-order valence-corrected chi connectivity index (χ0v) is 15.1. The molecule has 0 aromatic heterocycles. The van der Waals surface area contributed by atoms with Gasteiger partial charge in [0.1, 0.15) is 6.29 Å². The van der Waals surface area contributed by atoms with Crippen LogP contribution in [0, 0.1) is 29.6 Å². The Hall–Kier alpha value is -0.330. The van der Waals surface area contributed by atoms with Crippen LogP contribution in [0.25, 0.3) is 0 Å². The van der Waals surface area contributed by atoms with Crippen molar-refractivity contribution in [3.05, 3.63) is 0 Å². The van der Waals surface area contributed by atoms with Gasteiger partial charge in [0.15, 0.2) is 0 Å². The Morgan fingerprint density at radius 1 is 0.818 bits per heavy atom. The fourth-order valence-corrected chi connectivity index (χ4v) is 5.49. The van der Waals surface area contributed by atoms with Crippen LogP contribution in [0.3, 0.4) is 0 Å². The summed E-state index contributed by atoms with van der Waals surface area (Å²) >= 11 is 0. The molecule has 2 rings (SSSR count). The number of carbonyl (C=O) groups excluding carboxylic acids is 1. The van der Waals surface area contributed by atoms with E-state index in [0.717, 1.165) is 36.4 Å². The fraction of sp³-hybridized carbons (Fsp3) is 0.952. The van der Waals surface area contributed by atoms with Crippen LogP contribution in [0.2, 0.25) is 0 Å². The lowest BCUT2D eigenvalue weighted by molar-refractivity contribution is -0.108. The summed E-state index contributed by atoms with van der Waals surface area (Å²) < 4.78 is 0. The molecule has 0 spiro atoms. The Morgan fingerprint density at radius 3 is 1.82 bits per heavy atom.